The first-order valence-electron chi connectivity index (χ1n) is 8.38. The number of nitrogens with zero attached hydrogens (tertiary/aromatic N) is 2. The third-order valence-corrected chi connectivity index (χ3v) is 6.01. The molecule has 1 saturated carbocycles. The van der Waals surface area contributed by atoms with Gasteiger partial charge in [-0.3, -0.25) is 4.68 Å². The summed E-state index contributed by atoms with van der Waals surface area (Å²) in [5, 5.41) is 8.01. The second kappa shape index (κ2) is 4.91. The maximum Gasteiger partial charge on any atom is 0.114 e. The quantitative estimate of drug-likeness (QED) is 0.832. The summed E-state index contributed by atoms with van der Waals surface area (Å²) in [5.41, 5.74) is 7.86. The number of nitrogens with one attached hydrogen (secondary N) is 1. The second-order valence-corrected chi connectivity index (χ2v) is 7.68. The van der Waals surface area contributed by atoms with Gasteiger partial charge in [0.05, 0.1) is 11.3 Å². The van der Waals surface area contributed by atoms with Crippen LogP contribution >= 0.6 is 12.2 Å². The van der Waals surface area contributed by atoms with Gasteiger partial charge in [0, 0.05) is 18.4 Å². The lowest BCUT2D eigenvalue weighted by Crippen LogP contribution is -2.14. The number of hydrogen-bond acceptors (Lipinski definition) is 2. The van der Waals surface area contributed by atoms with E-state index < -0.39 is 0 Å². The summed E-state index contributed by atoms with van der Waals surface area (Å²) in [4.78, 5) is 0.783. The summed E-state index contributed by atoms with van der Waals surface area (Å²) >= 11 is 5.71. The molecule has 4 heteroatoms. The predicted molar refractivity (Wildman–Crippen MR) is 98.4 cm³/mol. The van der Waals surface area contributed by atoms with E-state index in [9.17, 15) is 0 Å². The molecule has 1 heterocycles. The molecule has 1 atom stereocenters. The molecule has 1 unspecified atom stereocenters. The van der Waals surface area contributed by atoms with Gasteiger partial charge in [0.1, 0.15) is 4.99 Å². The fourth-order valence-corrected chi connectivity index (χ4v) is 4.78. The highest BCUT2D eigenvalue weighted by molar-refractivity contribution is 7.81. The first-order chi connectivity index (χ1) is 10.9. The van der Waals surface area contributed by atoms with Crippen LogP contribution in [0.25, 0.3) is 0 Å². The average molecular weight is 325 g/mol. The molecule has 1 aromatic heterocycles. The number of anilines is 1. The molecule has 120 valence electrons. The van der Waals surface area contributed by atoms with Crippen molar-refractivity contribution in [1.82, 2.24) is 9.78 Å². The minimum absolute atomic E-state index is 0.480. The van der Waals surface area contributed by atoms with Gasteiger partial charge in [0.15, 0.2) is 0 Å². The molecule has 0 amide bonds. The van der Waals surface area contributed by atoms with Crippen molar-refractivity contribution in [3.8, 4) is 0 Å². The summed E-state index contributed by atoms with van der Waals surface area (Å²) < 4.78 is 1.90. The molecule has 0 aliphatic heterocycles. The molecule has 2 aliphatic carbocycles. The Hall–Kier alpha value is -1.68. The van der Waals surface area contributed by atoms with Gasteiger partial charge in [-0.15, -0.1) is 0 Å². The molecule has 4 rings (SSSR count). The van der Waals surface area contributed by atoms with Crippen LogP contribution in [0.5, 0.6) is 0 Å². The standard InChI is InChI=1S/C19H23N3S/c1-11-10-19(8-9-19)14-6-5-7-15(16(11)14)20-18(23)17-12(2)21-22(4)13(17)3/h5-7,11H,8-10H2,1-4H3,(H,20,23). The summed E-state index contributed by atoms with van der Waals surface area (Å²) in [6.45, 7) is 6.44. The van der Waals surface area contributed by atoms with E-state index >= 15 is 0 Å². The normalized spacial score (nSPS) is 20.6. The Balaban J connectivity index is 1.71. The van der Waals surface area contributed by atoms with Crippen LogP contribution in [0.2, 0.25) is 0 Å². The number of benzene rings is 1. The Morgan fingerprint density at radius 2 is 2.09 bits per heavy atom. The van der Waals surface area contributed by atoms with E-state index in [0.29, 0.717) is 11.3 Å². The Morgan fingerprint density at radius 1 is 1.35 bits per heavy atom. The van der Waals surface area contributed by atoms with Crippen LogP contribution in [0, 0.1) is 13.8 Å². The van der Waals surface area contributed by atoms with Gasteiger partial charge in [-0.05, 0) is 61.6 Å². The molecular formula is C19H23N3S. The van der Waals surface area contributed by atoms with Crippen molar-refractivity contribution < 1.29 is 0 Å². The van der Waals surface area contributed by atoms with Crippen molar-refractivity contribution in [2.45, 2.75) is 51.4 Å². The van der Waals surface area contributed by atoms with Crippen LogP contribution in [0.1, 0.15) is 60.2 Å². The first-order valence-corrected chi connectivity index (χ1v) is 8.79. The van der Waals surface area contributed by atoms with Crippen molar-refractivity contribution in [1.29, 1.82) is 0 Å². The van der Waals surface area contributed by atoms with Crippen LogP contribution < -0.4 is 5.32 Å². The third-order valence-electron chi connectivity index (χ3n) is 5.71. The van der Waals surface area contributed by atoms with E-state index in [4.69, 9.17) is 12.2 Å². The molecule has 1 spiro atoms. The van der Waals surface area contributed by atoms with Crippen LogP contribution in [0.4, 0.5) is 5.69 Å². The largest absolute Gasteiger partial charge is 0.346 e. The molecule has 1 aromatic carbocycles. The SMILES string of the molecule is Cc1nn(C)c(C)c1C(=S)Nc1cccc2c1C(C)CC21CC1. The number of thiocarbonyl (C=S) groups is 1. The second-order valence-electron chi connectivity index (χ2n) is 7.28. The molecule has 1 fully saturated rings. The molecule has 1 N–H and O–H groups in total. The molecule has 0 radical (unpaired) electrons. The Bertz CT molecular complexity index is 814. The molecular weight excluding hydrogens is 302 g/mol. The van der Waals surface area contributed by atoms with Gasteiger partial charge in [-0.25, -0.2) is 0 Å². The highest BCUT2D eigenvalue weighted by Crippen LogP contribution is 2.61. The maximum absolute atomic E-state index is 5.71. The zero-order valence-corrected chi connectivity index (χ0v) is 15.0. The van der Waals surface area contributed by atoms with Crippen molar-refractivity contribution in [2.24, 2.45) is 7.05 Å². The third kappa shape index (κ3) is 2.15. The molecule has 0 saturated heterocycles. The summed E-state index contributed by atoms with van der Waals surface area (Å²) in [7, 11) is 1.97. The van der Waals surface area contributed by atoms with E-state index in [1.165, 1.54) is 30.5 Å². The number of aryl methyl sites for hydroxylation is 2. The molecule has 2 aromatic rings. The summed E-state index contributed by atoms with van der Waals surface area (Å²) in [6, 6.07) is 6.66. The maximum atomic E-state index is 5.71. The number of fused-ring (bicyclic) bond motifs is 2. The lowest BCUT2D eigenvalue weighted by atomic mass is 9.98. The van der Waals surface area contributed by atoms with Gasteiger partial charge in [0.2, 0.25) is 0 Å². The van der Waals surface area contributed by atoms with Gasteiger partial charge in [-0.1, -0.05) is 31.3 Å². The summed E-state index contributed by atoms with van der Waals surface area (Å²) in [6.07, 6.45) is 3.98. The highest BCUT2D eigenvalue weighted by Gasteiger charge is 2.51. The van der Waals surface area contributed by atoms with Crippen LogP contribution in [0.15, 0.2) is 18.2 Å². The molecule has 2 aliphatic rings. The lowest BCUT2D eigenvalue weighted by molar-refractivity contribution is 0.614. The Kier molecular flexibility index (Phi) is 3.17. The minimum atomic E-state index is 0.480. The smallest absolute Gasteiger partial charge is 0.114 e. The van der Waals surface area contributed by atoms with E-state index in [2.05, 4.69) is 42.5 Å². The number of aromatic nitrogens is 2. The first kappa shape index (κ1) is 14.9. The highest BCUT2D eigenvalue weighted by atomic mass is 32.1. The fraction of sp³-hybridized carbons (Fsp3) is 0.474. The zero-order valence-electron chi connectivity index (χ0n) is 14.2. The summed E-state index contributed by atoms with van der Waals surface area (Å²) in [5.74, 6) is 0.607. The van der Waals surface area contributed by atoms with Crippen LogP contribution in [-0.4, -0.2) is 14.8 Å². The molecule has 23 heavy (non-hydrogen) atoms. The zero-order chi connectivity index (χ0) is 16.4. The molecule has 0 bridgehead atoms. The topological polar surface area (TPSA) is 29.9 Å². The minimum Gasteiger partial charge on any atom is -0.346 e. The van der Waals surface area contributed by atoms with Crippen molar-refractivity contribution in [3.05, 3.63) is 46.3 Å². The fourth-order valence-electron chi connectivity index (χ4n) is 4.38. The average Bonchev–Trinajstić information content (AvgIpc) is 3.14. The van der Waals surface area contributed by atoms with Crippen LogP contribution in [0.3, 0.4) is 0 Å². The Morgan fingerprint density at radius 3 is 2.70 bits per heavy atom. The van der Waals surface area contributed by atoms with Gasteiger partial charge in [0.25, 0.3) is 0 Å². The van der Waals surface area contributed by atoms with Crippen LogP contribution in [-0.2, 0) is 12.5 Å². The van der Waals surface area contributed by atoms with E-state index in [-0.39, 0.29) is 0 Å². The van der Waals surface area contributed by atoms with Gasteiger partial charge < -0.3 is 5.32 Å². The van der Waals surface area contributed by atoms with E-state index in [0.717, 1.165) is 21.9 Å². The van der Waals surface area contributed by atoms with Gasteiger partial charge in [-0.2, -0.15) is 5.10 Å². The number of rotatable bonds is 2. The monoisotopic (exact) mass is 325 g/mol. The molecule has 3 nitrogen and oxygen atoms in total. The van der Waals surface area contributed by atoms with Crippen molar-refractivity contribution >= 4 is 22.9 Å². The van der Waals surface area contributed by atoms with E-state index in [1.807, 2.05) is 18.7 Å². The van der Waals surface area contributed by atoms with Crippen molar-refractivity contribution in [3.63, 3.8) is 0 Å². The van der Waals surface area contributed by atoms with E-state index in [1.54, 1.807) is 5.56 Å². The number of hydrogen-bond donors (Lipinski definition) is 1. The lowest BCUT2D eigenvalue weighted by Gasteiger charge is -2.15. The Labute approximate surface area is 143 Å². The van der Waals surface area contributed by atoms with Crippen molar-refractivity contribution in [2.75, 3.05) is 5.32 Å². The van der Waals surface area contributed by atoms with Gasteiger partial charge >= 0.3 is 0 Å². The predicted octanol–water partition coefficient (Wildman–Crippen LogP) is 4.36.